The van der Waals surface area contributed by atoms with E-state index in [-0.39, 0.29) is 24.0 Å². The standard InChI is InChI=1S/C23H27N5O3S/c1-4-28-20(13-21(29)25-19-8-6-5-7-16(19)2)26-27-23(28)32-15-22(30)24-14-17-9-11-18(31-3)12-10-17/h5-12H,4,13-15H2,1-3H3,(H,24,30)(H,25,29). The van der Waals surface area contributed by atoms with Crippen molar-refractivity contribution in [3.8, 4) is 5.75 Å². The minimum absolute atomic E-state index is 0.102. The first-order chi connectivity index (χ1) is 15.5. The van der Waals surface area contributed by atoms with E-state index in [1.807, 2.05) is 66.9 Å². The number of aryl methyl sites for hydroxylation is 1. The zero-order valence-corrected chi connectivity index (χ0v) is 19.2. The van der Waals surface area contributed by atoms with E-state index in [1.165, 1.54) is 11.8 Å². The summed E-state index contributed by atoms with van der Waals surface area (Å²) in [5.41, 5.74) is 2.76. The van der Waals surface area contributed by atoms with Crippen LogP contribution in [0.5, 0.6) is 5.75 Å². The molecule has 8 nitrogen and oxygen atoms in total. The van der Waals surface area contributed by atoms with Crippen molar-refractivity contribution in [3.05, 3.63) is 65.5 Å². The molecule has 9 heteroatoms. The quantitative estimate of drug-likeness (QED) is 0.458. The summed E-state index contributed by atoms with van der Waals surface area (Å²) >= 11 is 1.30. The van der Waals surface area contributed by atoms with Crippen molar-refractivity contribution < 1.29 is 14.3 Å². The maximum Gasteiger partial charge on any atom is 0.232 e. The Hall–Kier alpha value is -3.33. The molecule has 0 atom stereocenters. The molecule has 0 fully saturated rings. The van der Waals surface area contributed by atoms with E-state index in [4.69, 9.17) is 4.74 Å². The van der Waals surface area contributed by atoms with Crippen LogP contribution in [-0.4, -0.2) is 39.4 Å². The molecule has 0 radical (unpaired) electrons. The van der Waals surface area contributed by atoms with Gasteiger partial charge in [-0.25, -0.2) is 0 Å². The molecule has 2 N–H and O–H groups in total. The monoisotopic (exact) mass is 453 g/mol. The van der Waals surface area contributed by atoms with E-state index in [9.17, 15) is 9.59 Å². The summed E-state index contributed by atoms with van der Waals surface area (Å²) < 4.78 is 6.99. The van der Waals surface area contributed by atoms with Gasteiger partial charge in [-0.2, -0.15) is 0 Å². The van der Waals surface area contributed by atoms with Crippen LogP contribution in [0.25, 0.3) is 0 Å². The fourth-order valence-electron chi connectivity index (χ4n) is 3.05. The van der Waals surface area contributed by atoms with Crippen molar-refractivity contribution >= 4 is 29.3 Å². The molecule has 0 aliphatic rings. The van der Waals surface area contributed by atoms with Crippen molar-refractivity contribution in [1.29, 1.82) is 0 Å². The zero-order valence-electron chi connectivity index (χ0n) is 18.4. The van der Waals surface area contributed by atoms with E-state index < -0.39 is 0 Å². The Labute approximate surface area is 191 Å². The van der Waals surface area contributed by atoms with Gasteiger partial charge in [0.2, 0.25) is 11.8 Å². The number of methoxy groups -OCH3 is 1. The average molecular weight is 454 g/mol. The van der Waals surface area contributed by atoms with Crippen molar-refractivity contribution in [1.82, 2.24) is 20.1 Å². The predicted molar refractivity (Wildman–Crippen MR) is 125 cm³/mol. The number of nitrogens with zero attached hydrogens (tertiary/aromatic N) is 3. The molecule has 0 spiro atoms. The van der Waals surface area contributed by atoms with Gasteiger partial charge in [0.25, 0.3) is 0 Å². The van der Waals surface area contributed by atoms with E-state index in [0.29, 0.717) is 24.1 Å². The Morgan fingerprint density at radius 3 is 2.50 bits per heavy atom. The molecule has 0 saturated carbocycles. The second kappa shape index (κ2) is 11.3. The highest BCUT2D eigenvalue weighted by Gasteiger charge is 2.16. The first-order valence-corrected chi connectivity index (χ1v) is 11.3. The number of nitrogens with one attached hydrogen (secondary N) is 2. The SMILES string of the molecule is CCn1c(CC(=O)Nc2ccccc2C)nnc1SCC(=O)NCc1ccc(OC)cc1. The van der Waals surface area contributed by atoms with Crippen molar-refractivity contribution in [2.75, 3.05) is 18.2 Å². The third-order valence-corrected chi connectivity index (χ3v) is 5.80. The highest BCUT2D eigenvalue weighted by Crippen LogP contribution is 2.18. The van der Waals surface area contributed by atoms with Gasteiger partial charge in [-0.1, -0.05) is 42.1 Å². The summed E-state index contributed by atoms with van der Waals surface area (Å²) in [5, 5.41) is 14.8. The van der Waals surface area contributed by atoms with E-state index in [1.54, 1.807) is 7.11 Å². The third kappa shape index (κ3) is 6.34. The lowest BCUT2D eigenvalue weighted by Gasteiger charge is -2.10. The van der Waals surface area contributed by atoms with Crippen LogP contribution in [0, 0.1) is 6.92 Å². The molecule has 2 aromatic carbocycles. The van der Waals surface area contributed by atoms with E-state index >= 15 is 0 Å². The summed E-state index contributed by atoms with van der Waals surface area (Å²) in [6.45, 7) is 4.95. The summed E-state index contributed by atoms with van der Waals surface area (Å²) in [4.78, 5) is 24.7. The topological polar surface area (TPSA) is 98.1 Å². The van der Waals surface area contributed by atoms with Gasteiger partial charge in [0, 0.05) is 18.8 Å². The number of para-hydroxylation sites is 1. The first-order valence-electron chi connectivity index (χ1n) is 10.3. The van der Waals surface area contributed by atoms with E-state index in [2.05, 4.69) is 20.8 Å². The number of hydrogen-bond acceptors (Lipinski definition) is 6. The van der Waals surface area contributed by atoms with Crippen molar-refractivity contribution in [3.63, 3.8) is 0 Å². The minimum atomic E-state index is -0.157. The molecule has 32 heavy (non-hydrogen) atoms. The van der Waals surface area contributed by atoms with Crippen LogP contribution in [0.4, 0.5) is 5.69 Å². The van der Waals surface area contributed by atoms with Crippen LogP contribution in [0.3, 0.4) is 0 Å². The van der Waals surface area contributed by atoms with Gasteiger partial charge in [0.15, 0.2) is 5.16 Å². The number of ether oxygens (including phenoxy) is 1. The number of thioether (sulfide) groups is 1. The zero-order chi connectivity index (χ0) is 22.9. The fraction of sp³-hybridized carbons (Fsp3) is 0.304. The van der Waals surface area contributed by atoms with Crippen LogP contribution in [0.2, 0.25) is 0 Å². The number of amides is 2. The highest BCUT2D eigenvalue weighted by atomic mass is 32.2. The largest absolute Gasteiger partial charge is 0.497 e. The van der Waals surface area contributed by atoms with Gasteiger partial charge < -0.3 is 19.9 Å². The average Bonchev–Trinajstić information content (AvgIpc) is 3.19. The lowest BCUT2D eigenvalue weighted by atomic mass is 10.2. The Morgan fingerprint density at radius 2 is 1.81 bits per heavy atom. The summed E-state index contributed by atoms with van der Waals surface area (Å²) in [7, 11) is 1.62. The van der Waals surface area contributed by atoms with Crippen LogP contribution in [-0.2, 0) is 29.1 Å². The molecule has 3 rings (SSSR count). The van der Waals surface area contributed by atoms with Gasteiger partial charge in [-0.15, -0.1) is 10.2 Å². The van der Waals surface area contributed by atoms with E-state index in [0.717, 1.165) is 22.6 Å². The smallest absolute Gasteiger partial charge is 0.232 e. The Bertz CT molecular complexity index is 1070. The van der Waals surface area contributed by atoms with Gasteiger partial charge >= 0.3 is 0 Å². The molecule has 0 aliphatic heterocycles. The van der Waals surface area contributed by atoms with Gasteiger partial charge in [0.1, 0.15) is 11.6 Å². The van der Waals surface area contributed by atoms with Crippen molar-refractivity contribution in [2.45, 2.75) is 38.5 Å². The van der Waals surface area contributed by atoms with Crippen LogP contribution >= 0.6 is 11.8 Å². The lowest BCUT2D eigenvalue weighted by Crippen LogP contribution is -2.24. The number of anilines is 1. The van der Waals surface area contributed by atoms with Gasteiger partial charge in [0.05, 0.1) is 19.3 Å². The third-order valence-electron chi connectivity index (χ3n) is 4.83. The molecule has 0 unspecified atom stereocenters. The molecule has 3 aromatic rings. The Balaban J connectivity index is 1.52. The molecule has 168 valence electrons. The Morgan fingerprint density at radius 1 is 1.06 bits per heavy atom. The van der Waals surface area contributed by atoms with Crippen molar-refractivity contribution in [2.24, 2.45) is 0 Å². The molecule has 1 heterocycles. The molecular formula is C23H27N5O3S. The van der Waals surface area contributed by atoms with Crippen LogP contribution in [0.15, 0.2) is 53.7 Å². The second-order valence-corrected chi connectivity index (χ2v) is 8.04. The molecule has 0 aliphatic carbocycles. The normalized spacial score (nSPS) is 10.6. The molecular weight excluding hydrogens is 426 g/mol. The van der Waals surface area contributed by atoms with Crippen LogP contribution < -0.4 is 15.4 Å². The summed E-state index contributed by atoms with van der Waals surface area (Å²) in [6, 6.07) is 15.2. The minimum Gasteiger partial charge on any atom is -0.497 e. The number of hydrogen-bond donors (Lipinski definition) is 2. The van der Waals surface area contributed by atoms with Gasteiger partial charge in [-0.3, -0.25) is 9.59 Å². The second-order valence-electron chi connectivity index (χ2n) is 7.10. The number of benzene rings is 2. The Kier molecular flexibility index (Phi) is 8.27. The number of carbonyl (C=O) groups is 2. The highest BCUT2D eigenvalue weighted by molar-refractivity contribution is 7.99. The lowest BCUT2D eigenvalue weighted by molar-refractivity contribution is -0.118. The molecule has 0 saturated heterocycles. The first kappa shape index (κ1) is 23.3. The fourth-order valence-corrected chi connectivity index (χ4v) is 3.90. The summed E-state index contributed by atoms with van der Waals surface area (Å²) in [5.74, 6) is 1.30. The maximum atomic E-state index is 12.5. The van der Waals surface area contributed by atoms with Crippen LogP contribution in [0.1, 0.15) is 23.9 Å². The molecule has 1 aromatic heterocycles. The number of carbonyl (C=O) groups excluding carboxylic acids is 2. The summed E-state index contributed by atoms with van der Waals surface area (Å²) in [6.07, 6.45) is 0.111. The molecule has 0 bridgehead atoms. The molecule has 2 amide bonds. The predicted octanol–water partition coefficient (Wildman–Crippen LogP) is 3.20. The maximum absolute atomic E-state index is 12.5. The van der Waals surface area contributed by atoms with Gasteiger partial charge in [-0.05, 0) is 43.2 Å². The number of rotatable bonds is 10. The number of aromatic nitrogens is 3.